The second-order valence-corrected chi connectivity index (χ2v) is 8.74. The second-order valence-electron chi connectivity index (χ2n) is 8.74. The first-order valence-electron chi connectivity index (χ1n) is 9.81. The van der Waals surface area contributed by atoms with E-state index in [1.807, 2.05) is 24.3 Å². The van der Waals surface area contributed by atoms with Crippen LogP contribution in [0.4, 0.5) is 4.39 Å². The van der Waals surface area contributed by atoms with E-state index in [2.05, 4.69) is 13.8 Å². The Kier molecular flexibility index (Phi) is 5.78. The monoisotopic (exact) mass is 388 g/mol. The lowest BCUT2D eigenvalue weighted by molar-refractivity contribution is -0.156. The quantitative estimate of drug-likeness (QED) is 0.768. The van der Waals surface area contributed by atoms with Gasteiger partial charge in [0.15, 0.2) is 0 Å². The predicted molar refractivity (Wildman–Crippen MR) is 106 cm³/mol. The van der Waals surface area contributed by atoms with E-state index in [1.165, 1.54) is 0 Å². The summed E-state index contributed by atoms with van der Waals surface area (Å²) in [6.07, 6.45) is 3.65. The van der Waals surface area contributed by atoms with E-state index in [-0.39, 0.29) is 17.7 Å². The van der Waals surface area contributed by atoms with Gasteiger partial charge in [0.05, 0.1) is 18.6 Å². The van der Waals surface area contributed by atoms with Gasteiger partial charge in [0.25, 0.3) is 0 Å². The fourth-order valence-electron chi connectivity index (χ4n) is 4.38. The number of aryl methyl sites for hydroxylation is 2. The fraction of sp³-hybridized carbons (Fsp3) is 0.522. The van der Waals surface area contributed by atoms with Gasteiger partial charge in [0.2, 0.25) is 0 Å². The number of benzene rings is 1. The molecule has 28 heavy (non-hydrogen) atoms. The lowest BCUT2D eigenvalue weighted by Crippen LogP contribution is -2.32. The van der Waals surface area contributed by atoms with Gasteiger partial charge >= 0.3 is 5.97 Å². The van der Waals surface area contributed by atoms with Crippen molar-refractivity contribution in [1.82, 2.24) is 0 Å². The van der Waals surface area contributed by atoms with Gasteiger partial charge in [-0.05, 0) is 78.1 Å². The van der Waals surface area contributed by atoms with Crippen molar-refractivity contribution in [1.29, 1.82) is 0 Å². The maximum absolute atomic E-state index is 14.1. The molecule has 1 saturated heterocycles. The molecule has 1 aromatic carbocycles. The van der Waals surface area contributed by atoms with Crippen LogP contribution in [-0.2, 0) is 9.53 Å². The number of aliphatic hydroxyl groups is 2. The number of hydrogen-bond donors (Lipinski definition) is 2. The third-order valence-electron chi connectivity index (χ3n) is 5.69. The van der Waals surface area contributed by atoms with Gasteiger partial charge < -0.3 is 14.9 Å². The smallest absolute Gasteiger partial charge is 0.309 e. The zero-order valence-corrected chi connectivity index (χ0v) is 17.0. The number of ether oxygens (including phenoxy) is 1. The molecule has 4 nitrogen and oxygen atoms in total. The molecule has 0 saturated carbocycles. The van der Waals surface area contributed by atoms with Gasteiger partial charge in [-0.15, -0.1) is 0 Å². The summed E-state index contributed by atoms with van der Waals surface area (Å²) in [4.78, 5) is 11.6. The number of esters is 1. The van der Waals surface area contributed by atoms with Crippen LogP contribution in [0.25, 0.3) is 5.57 Å². The number of allylic oxidation sites excluding steroid dienone is 2. The van der Waals surface area contributed by atoms with Gasteiger partial charge in [-0.1, -0.05) is 19.9 Å². The summed E-state index contributed by atoms with van der Waals surface area (Å²) >= 11 is 0. The van der Waals surface area contributed by atoms with Crippen LogP contribution in [0, 0.1) is 25.1 Å². The number of cyclic esters (lactones) is 1. The Hall–Kier alpha value is -1.98. The van der Waals surface area contributed by atoms with Crippen molar-refractivity contribution in [3.05, 3.63) is 52.4 Å². The highest BCUT2D eigenvalue weighted by Gasteiger charge is 2.34. The molecule has 0 radical (unpaired) electrons. The van der Waals surface area contributed by atoms with Crippen LogP contribution >= 0.6 is 0 Å². The summed E-state index contributed by atoms with van der Waals surface area (Å²) in [5.74, 6) is -0.606. The fourth-order valence-corrected chi connectivity index (χ4v) is 4.38. The zero-order chi connectivity index (χ0) is 20.6. The molecule has 1 fully saturated rings. The average molecular weight is 388 g/mol. The first-order valence-corrected chi connectivity index (χ1v) is 9.81. The summed E-state index contributed by atoms with van der Waals surface area (Å²) in [6.45, 7) is 7.63. The Balaban J connectivity index is 2.04. The molecule has 2 aliphatic rings. The maximum Gasteiger partial charge on any atom is 0.309 e. The van der Waals surface area contributed by atoms with Gasteiger partial charge in [0, 0.05) is 6.42 Å². The number of carbonyl (C=O) groups is 1. The molecule has 0 amide bonds. The summed E-state index contributed by atoms with van der Waals surface area (Å²) in [5, 5.41) is 20.3. The van der Waals surface area contributed by atoms with Crippen molar-refractivity contribution in [2.45, 2.75) is 71.7 Å². The minimum Gasteiger partial charge on any atom is -0.458 e. The molecule has 1 aromatic rings. The van der Waals surface area contributed by atoms with Crippen LogP contribution in [0.2, 0.25) is 0 Å². The molecule has 1 unspecified atom stereocenters. The molecule has 1 heterocycles. The van der Waals surface area contributed by atoms with Gasteiger partial charge in [-0.25, -0.2) is 4.39 Å². The number of hydrogen-bond acceptors (Lipinski definition) is 4. The molecule has 3 atom stereocenters. The highest BCUT2D eigenvalue weighted by molar-refractivity contribution is 5.75. The standard InChI is InChI=1S/C23H29FO4/c1-13-7-15(8-14(2)22(13)24)19-10-17(26)12-23(3,4)20(19)6-5-18-9-16(25)11-21(27)28-18/h5-8,16-18,25-26H,9-12H2,1-4H3/t16-,17?,18-/m0/s1. The van der Waals surface area contributed by atoms with Crippen LogP contribution in [0.1, 0.15) is 56.2 Å². The van der Waals surface area contributed by atoms with Crippen LogP contribution in [0.3, 0.4) is 0 Å². The Bertz CT molecular complexity index is 814. The van der Waals surface area contributed by atoms with E-state index in [0.717, 1.165) is 16.7 Å². The molecule has 0 spiro atoms. The van der Waals surface area contributed by atoms with E-state index in [0.29, 0.717) is 30.4 Å². The molecule has 0 bridgehead atoms. The third kappa shape index (κ3) is 4.36. The van der Waals surface area contributed by atoms with E-state index in [9.17, 15) is 19.4 Å². The first-order chi connectivity index (χ1) is 13.1. The summed E-state index contributed by atoms with van der Waals surface area (Å²) in [6, 6.07) is 3.65. The van der Waals surface area contributed by atoms with E-state index < -0.39 is 24.3 Å². The highest BCUT2D eigenvalue weighted by Crippen LogP contribution is 2.45. The lowest BCUT2D eigenvalue weighted by atomic mass is 9.69. The summed E-state index contributed by atoms with van der Waals surface area (Å²) in [5.41, 5.74) is 3.79. The number of carbonyl (C=O) groups excluding carboxylic acids is 1. The van der Waals surface area contributed by atoms with Crippen LogP contribution in [0.15, 0.2) is 29.9 Å². The molecule has 2 N–H and O–H groups in total. The van der Waals surface area contributed by atoms with E-state index in [4.69, 9.17) is 4.74 Å². The van der Waals surface area contributed by atoms with Crippen molar-refractivity contribution in [2.75, 3.05) is 0 Å². The van der Waals surface area contributed by atoms with E-state index >= 15 is 0 Å². The molecule has 5 heteroatoms. The highest BCUT2D eigenvalue weighted by atomic mass is 19.1. The molecule has 0 aromatic heterocycles. The van der Waals surface area contributed by atoms with Crippen molar-refractivity contribution in [2.24, 2.45) is 5.41 Å². The number of halogens is 1. The lowest BCUT2D eigenvalue weighted by Gasteiger charge is -2.37. The van der Waals surface area contributed by atoms with Gasteiger partial charge in [-0.3, -0.25) is 4.79 Å². The Morgan fingerprint density at radius 1 is 1.14 bits per heavy atom. The third-order valence-corrected chi connectivity index (χ3v) is 5.69. The minimum atomic E-state index is -0.687. The summed E-state index contributed by atoms with van der Waals surface area (Å²) in [7, 11) is 0. The van der Waals surface area contributed by atoms with Crippen LogP contribution in [-0.4, -0.2) is 34.5 Å². The van der Waals surface area contributed by atoms with Gasteiger partial charge in [-0.2, -0.15) is 0 Å². The zero-order valence-electron chi connectivity index (χ0n) is 17.0. The Labute approximate surface area is 165 Å². The van der Waals surface area contributed by atoms with Crippen molar-refractivity contribution in [3.63, 3.8) is 0 Å². The predicted octanol–water partition coefficient (Wildman–Crippen LogP) is 4.00. The van der Waals surface area contributed by atoms with Crippen LogP contribution in [0.5, 0.6) is 0 Å². The van der Waals surface area contributed by atoms with Crippen molar-refractivity contribution in [3.8, 4) is 0 Å². The molecule has 152 valence electrons. The van der Waals surface area contributed by atoms with Crippen LogP contribution < -0.4 is 0 Å². The normalized spacial score (nSPS) is 28.0. The number of aliphatic hydroxyl groups excluding tert-OH is 2. The summed E-state index contributed by atoms with van der Waals surface area (Å²) < 4.78 is 19.4. The minimum absolute atomic E-state index is 0.0319. The molecular formula is C23H29FO4. The molecule has 3 rings (SSSR count). The van der Waals surface area contributed by atoms with Crippen molar-refractivity contribution >= 4 is 11.5 Å². The topological polar surface area (TPSA) is 66.8 Å². The van der Waals surface area contributed by atoms with Crippen molar-refractivity contribution < 1.29 is 24.1 Å². The molecular weight excluding hydrogens is 359 g/mol. The van der Waals surface area contributed by atoms with Gasteiger partial charge in [0.1, 0.15) is 11.9 Å². The SMILES string of the molecule is Cc1cc(C2=C(C=C[C@H]3C[C@H](O)CC(=O)O3)C(C)(C)CC(O)C2)cc(C)c1F. The Morgan fingerprint density at radius 3 is 2.39 bits per heavy atom. The second kappa shape index (κ2) is 7.80. The number of rotatable bonds is 3. The Morgan fingerprint density at radius 2 is 1.79 bits per heavy atom. The molecule has 1 aliphatic carbocycles. The largest absolute Gasteiger partial charge is 0.458 e. The molecule has 1 aliphatic heterocycles. The first kappa shape index (κ1) is 20.7. The maximum atomic E-state index is 14.1. The van der Waals surface area contributed by atoms with E-state index in [1.54, 1.807) is 13.8 Å². The average Bonchev–Trinajstić information content (AvgIpc) is 2.56.